The summed E-state index contributed by atoms with van der Waals surface area (Å²) in [5.41, 5.74) is 1.46. The zero-order valence-electron chi connectivity index (χ0n) is 10.6. The Hall–Kier alpha value is -1.85. The first-order valence-corrected chi connectivity index (χ1v) is 7.56. The van der Waals surface area contributed by atoms with Crippen molar-refractivity contribution >= 4 is 27.8 Å². The summed E-state index contributed by atoms with van der Waals surface area (Å²) in [6.45, 7) is 1.87. The van der Waals surface area contributed by atoms with Crippen LogP contribution in [0, 0.1) is 6.92 Å². The van der Waals surface area contributed by atoms with Gasteiger partial charge < -0.3 is 5.11 Å². The van der Waals surface area contributed by atoms with Crippen LogP contribution in [0.15, 0.2) is 51.8 Å². The molecule has 0 saturated heterocycles. The number of rotatable bonds is 3. The molecule has 0 aliphatic heterocycles. The molecule has 0 amide bonds. The summed E-state index contributed by atoms with van der Waals surface area (Å²) in [5.74, 6) is -0.0646. The minimum absolute atomic E-state index is 0.0646. The van der Waals surface area contributed by atoms with Crippen molar-refractivity contribution in [3.63, 3.8) is 0 Å². The minimum atomic E-state index is -3.73. The van der Waals surface area contributed by atoms with Crippen molar-refractivity contribution in [2.45, 2.75) is 11.8 Å². The summed E-state index contributed by atoms with van der Waals surface area (Å²) in [5, 5.41) is 9.42. The molecule has 6 heteroatoms. The second-order valence-corrected chi connectivity index (χ2v) is 6.27. The molecule has 0 spiro atoms. The van der Waals surface area contributed by atoms with Gasteiger partial charge in [0.2, 0.25) is 0 Å². The van der Waals surface area contributed by atoms with Crippen LogP contribution in [0.1, 0.15) is 11.1 Å². The van der Waals surface area contributed by atoms with Crippen LogP contribution >= 0.6 is 11.6 Å². The normalized spacial score (nSPS) is 11.9. The van der Waals surface area contributed by atoms with E-state index in [-0.39, 0.29) is 15.7 Å². The van der Waals surface area contributed by atoms with Crippen molar-refractivity contribution in [3.05, 3.63) is 58.6 Å². The molecule has 20 heavy (non-hydrogen) atoms. The van der Waals surface area contributed by atoms with Gasteiger partial charge in [0.25, 0.3) is 10.0 Å². The molecule has 0 aromatic heterocycles. The van der Waals surface area contributed by atoms with E-state index in [1.54, 1.807) is 12.1 Å². The molecule has 1 N–H and O–H groups in total. The molecule has 0 unspecified atom stereocenters. The van der Waals surface area contributed by atoms with Gasteiger partial charge in [0, 0.05) is 6.21 Å². The number of phenolic OH excluding ortho intramolecular Hbond substituents is 1. The van der Waals surface area contributed by atoms with E-state index in [4.69, 9.17) is 11.6 Å². The highest BCUT2D eigenvalue weighted by atomic mass is 35.5. The number of hydrogen-bond donors (Lipinski definition) is 1. The summed E-state index contributed by atoms with van der Waals surface area (Å²) in [6.07, 6.45) is 1.19. The molecule has 0 heterocycles. The third-order valence-electron chi connectivity index (χ3n) is 2.63. The molecule has 2 aromatic carbocycles. The summed E-state index contributed by atoms with van der Waals surface area (Å²) < 4.78 is 27.6. The maximum absolute atomic E-state index is 12.0. The molecule has 0 aliphatic rings. The van der Waals surface area contributed by atoms with E-state index in [2.05, 4.69) is 4.40 Å². The van der Waals surface area contributed by atoms with Crippen LogP contribution < -0.4 is 0 Å². The average molecular weight is 310 g/mol. The number of phenols is 1. The van der Waals surface area contributed by atoms with E-state index in [1.165, 1.54) is 36.5 Å². The molecule has 0 atom stereocenters. The fourth-order valence-electron chi connectivity index (χ4n) is 1.50. The Morgan fingerprint density at radius 1 is 1.15 bits per heavy atom. The van der Waals surface area contributed by atoms with E-state index in [0.29, 0.717) is 5.56 Å². The third-order valence-corrected chi connectivity index (χ3v) is 4.18. The number of nitrogens with zero attached hydrogens (tertiary/aromatic N) is 1. The lowest BCUT2D eigenvalue weighted by atomic mass is 10.2. The lowest BCUT2D eigenvalue weighted by molar-refractivity contribution is 0.475. The average Bonchev–Trinajstić information content (AvgIpc) is 2.41. The number of benzene rings is 2. The quantitative estimate of drug-likeness (QED) is 0.886. The molecule has 4 nitrogen and oxygen atoms in total. The third kappa shape index (κ3) is 3.37. The van der Waals surface area contributed by atoms with E-state index in [9.17, 15) is 13.5 Å². The number of halogens is 1. The molecule has 0 bridgehead atoms. The Bertz CT molecular complexity index is 752. The zero-order chi connectivity index (χ0) is 14.8. The molecular formula is C14H12ClNO3S. The Morgan fingerprint density at radius 2 is 1.80 bits per heavy atom. The maximum atomic E-state index is 12.0. The van der Waals surface area contributed by atoms with E-state index in [1.807, 2.05) is 6.92 Å². The van der Waals surface area contributed by atoms with Gasteiger partial charge in [-0.2, -0.15) is 12.8 Å². The zero-order valence-corrected chi connectivity index (χ0v) is 12.2. The van der Waals surface area contributed by atoms with Gasteiger partial charge in [-0.3, -0.25) is 0 Å². The Labute approximate surface area is 122 Å². The summed E-state index contributed by atoms with van der Waals surface area (Å²) in [4.78, 5) is 0.129. The van der Waals surface area contributed by atoms with Gasteiger partial charge in [-0.05, 0) is 42.8 Å². The Kier molecular flexibility index (Phi) is 4.11. The Balaban J connectivity index is 2.29. The van der Waals surface area contributed by atoms with Gasteiger partial charge in [-0.25, -0.2) is 0 Å². The van der Waals surface area contributed by atoms with Gasteiger partial charge >= 0.3 is 0 Å². The van der Waals surface area contributed by atoms with Gasteiger partial charge in [0.05, 0.1) is 9.92 Å². The van der Waals surface area contributed by atoms with Crippen molar-refractivity contribution in [3.8, 4) is 5.75 Å². The lowest BCUT2D eigenvalue weighted by Crippen LogP contribution is -1.97. The molecule has 2 aromatic rings. The molecule has 0 saturated carbocycles. The topological polar surface area (TPSA) is 66.7 Å². The predicted octanol–water partition coefficient (Wildman–Crippen LogP) is 3.16. The van der Waals surface area contributed by atoms with Crippen LogP contribution in [0.4, 0.5) is 0 Å². The van der Waals surface area contributed by atoms with Gasteiger partial charge in [-0.15, -0.1) is 0 Å². The van der Waals surface area contributed by atoms with Crippen LogP contribution in [0.5, 0.6) is 5.75 Å². The maximum Gasteiger partial charge on any atom is 0.282 e. The van der Waals surface area contributed by atoms with Crippen LogP contribution in [-0.4, -0.2) is 19.7 Å². The highest BCUT2D eigenvalue weighted by Crippen LogP contribution is 2.23. The van der Waals surface area contributed by atoms with Crippen molar-refractivity contribution < 1.29 is 13.5 Å². The molecule has 2 rings (SSSR count). The predicted molar refractivity (Wildman–Crippen MR) is 79.1 cm³/mol. The highest BCUT2D eigenvalue weighted by molar-refractivity contribution is 7.90. The number of sulfonamides is 1. The first-order valence-electron chi connectivity index (χ1n) is 5.74. The van der Waals surface area contributed by atoms with E-state index >= 15 is 0 Å². The van der Waals surface area contributed by atoms with Gasteiger partial charge in [-0.1, -0.05) is 29.3 Å². The van der Waals surface area contributed by atoms with Crippen molar-refractivity contribution in [1.82, 2.24) is 0 Å². The van der Waals surface area contributed by atoms with Crippen molar-refractivity contribution in [2.75, 3.05) is 0 Å². The number of hydrogen-bond acceptors (Lipinski definition) is 3. The fourth-order valence-corrected chi connectivity index (χ4v) is 2.56. The fraction of sp³-hybridized carbons (Fsp3) is 0.0714. The highest BCUT2D eigenvalue weighted by Gasteiger charge is 2.11. The molecule has 0 fully saturated rings. The summed E-state index contributed by atoms with van der Waals surface area (Å²) >= 11 is 5.74. The molecule has 0 radical (unpaired) electrons. The van der Waals surface area contributed by atoms with Crippen LogP contribution in [-0.2, 0) is 10.0 Å². The van der Waals surface area contributed by atoms with Crippen molar-refractivity contribution in [2.24, 2.45) is 4.40 Å². The molecule has 104 valence electrons. The first kappa shape index (κ1) is 14.6. The van der Waals surface area contributed by atoms with Gasteiger partial charge in [0.15, 0.2) is 0 Å². The van der Waals surface area contributed by atoms with E-state index in [0.717, 1.165) is 5.56 Å². The monoisotopic (exact) mass is 309 g/mol. The second kappa shape index (κ2) is 5.64. The van der Waals surface area contributed by atoms with E-state index < -0.39 is 10.0 Å². The minimum Gasteiger partial charge on any atom is -0.506 e. The number of aromatic hydroxyl groups is 1. The smallest absolute Gasteiger partial charge is 0.282 e. The van der Waals surface area contributed by atoms with Crippen LogP contribution in [0.2, 0.25) is 5.02 Å². The summed E-state index contributed by atoms with van der Waals surface area (Å²) in [7, 11) is -3.73. The Morgan fingerprint density at radius 3 is 2.40 bits per heavy atom. The van der Waals surface area contributed by atoms with Crippen LogP contribution in [0.25, 0.3) is 0 Å². The first-order chi connectivity index (χ1) is 9.38. The standard InChI is InChI=1S/C14H12ClNO3S/c1-10-2-5-12(6-3-10)20(18,19)16-9-11-4-7-14(17)13(15)8-11/h2-9,17H,1H3/b16-9-. The summed E-state index contributed by atoms with van der Waals surface area (Å²) in [6, 6.07) is 10.8. The van der Waals surface area contributed by atoms with Gasteiger partial charge in [0.1, 0.15) is 5.75 Å². The second-order valence-electron chi connectivity index (χ2n) is 4.23. The largest absolute Gasteiger partial charge is 0.506 e. The SMILES string of the molecule is Cc1ccc(S(=O)(=O)/N=C\c2ccc(O)c(Cl)c2)cc1. The molecule has 0 aliphatic carbocycles. The lowest BCUT2D eigenvalue weighted by Gasteiger charge is -2.00. The van der Waals surface area contributed by atoms with Crippen molar-refractivity contribution in [1.29, 1.82) is 0 Å². The number of aryl methyl sites for hydroxylation is 1. The molecular weight excluding hydrogens is 298 g/mol. The van der Waals surface area contributed by atoms with Crippen LogP contribution in [0.3, 0.4) is 0 Å².